The number of halogens is 2. The summed E-state index contributed by atoms with van der Waals surface area (Å²) in [6.45, 7) is -0.520. The zero-order valence-corrected chi connectivity index (χ0v) is 15.1. The normalized spacial score (nSPS) is 11.8. The van der Waals surface area contributed by atoms with E-state index in [0.29, 0.717) is 0 Å². The van der Waals surface area contributed by atoms with Crippen LogP contribution in [0.1, 0.15) is 5.89 Å². The van der Waals surface area contributed by atoms with Crippen molar-refractivity contribution in [3.63, 3.8) is 0 Å². The lowest BCUT2D eigenvalue weighted by Crippen LogP contribution is -2.33. The molecular formula is C12H9Cl2N5O6S. The molecule has 138 valence electrons. The number of aromatic nitrogens is 4. The van der Waals surface area contributed by atoms with Crippen molar-refractivity contribution in [2.45, 2.75) is 6.54 Å². The van der Waals surface area contributed by atoms with Crippen LogP contribution in [0.15, 0.2) is 24.9 Å². The Hall–Kier alpha value is -2.57. The van der Waals surface area contributed by atoms with Crippen LogP contribution in [-0.4, -0.2) is 34.8 Å². The molecule has 3 aromatic rings. The van der Waals surface area contributed by atoms with E-state index in [9.17, 15) is 22.8 Å². The fourth-order valence-electron chi connectivity index (χ4n) is 2.23. The van der Waals surface area contributed by atoms with Gasteiger partial charge in [-0.15, -0.1) is 5.10 Å². The Morgan fingerprint density at radius 3 is 2.42 bits per heavy atom. The molecule has 11 nitrogen and oxygen atoms in total. The smallest absolute Gasteiger partial charge is 0.390 e. The van der Waals surface area contributed by atoms with Crippen molar-refractivity contribution >= 4 is 49.9 Å². The molecule has 0 radical (unpaired) electrons. The zero-order valence-electron chi connectivity index (χ0n) is 12.8. The molecule has 0 aliphatic carbocycles. The number of fused-ring (bicyclic) bond motifs is 1. The summed E-state index contributed by atoms with van der Waals surface area (Å²) in [5, 5.41) is 5.26. The first-order valence-corrected chi connectivity index (χ1v) is 9.34. The zero-order chi connectivity index (χ0) is 19.2. The minimum absolute atomic E-state index is 0.0520. The van der Waals surface area contributed by atoms with E-state index >= 15 is 0 Å². The Kier molecular flexibility index (Phi) is 4.42. The van der Waals surface area contributed by atoms with Crippen LogP contribution in [0.2, 0.25) is 10.0 Å². The Morgan fingerprint density at radius 1 is 1.19 bits per heavy atom. The van der Waals surface area contributed by atoms with Gasteiger partial charge in [0.25, 0.3) is 0 Å². The van der Waals surface area contributed by atoms with Crippen LogP contribution in [-0.2, 0) is 16.6 Å². The third-order valence-electron chi connectivity index (χ3n) is 3.30. The Labute approximate surface area is 153 Å². The molecule has 0 unspecified atom stereocenters. The molecule has 0 spiro atoms. The van der Waals surface area contributed by atoms with Crippen LogP contribution >= 0.6 is 23.2 Å². The maximum Gasteiger partial charge on any atom is 0.434 e. The Balaban J connectivity index is 2.36. The molecule has 0 amide bonds. The van der Waals surface area contributed by atoms with Gasteiger partial charge in [0.2, 0.25) is 15.9 Å². The molecule has 0 bridgehead atoms. The highest BCUT2D eigenvalue weighted by Crippen LogP contribution is 2.39. The van der Waals surface area contributed by atoms with Crippen LogP contribution in [0.25, 0.3) is 11.0 Å². The van der Waals surface area contributed by atoms with Crippen molar-refractivity contribution < 1.29 is 12.8 Å². The summed E-state index contributed by atoms with van der Waals surface area (Å²) in [5.74, 6) is -1.13. The molecule has 0 atom stereocenters. The van der Waals surface area contributed by atoms with Crippen LogP contribution < -0.4 is 21.2 Å². The first-order valence-electron chi connectivity index (χ1n) is 6.74. The lowest BCUT2D eigenvalue weighted by molar-refractivity contribution is 0.463. The quantitative estimate of drug-likeness (QED) is 0.505. The first kappa shape index (κ1) is 18.2. The number of nitrogens with zero attached hydrogens (tertiary/aromatic N) is 2. The lowest BCUT2D eigenvalue weighted by Gasteiger charge is -2.23. The summed E-state index contributed by atoms with van der Waals surface area (Å²) >= 11 is 12.2. The highest BCUT2D eigenvalue weighted by atomic mass is 35.5. The average Bonchev–Trinajstić information content (AvgIpc) is 2.94. The highest BCUT2D eigenvalue weighted by molar-refractivity contribution is 7.92. The van der Waals surface area contributed by atoms with Crippen molar-refractivity contribution in [1.29, 1.82) is 0 Å². The van der Waals surface area contributed by atoms with Gasteiger partial charge in [0, 0.05) is 0 Å². The van der Waals surface area contributed by atoms with Crippen LogP contribution in [0.4, 0.5) is 5.69 Å². The van der Waals surface area contributed by atoms with E-state index in [1.807, 2.05) is 5.10 Å². The molecule has 3 N–H and O–H groups in total. The van der Waals surface area contributed by atoms with E-state index in [1.165, 1.54) is 6.07 Å². The molecule has 0 aliphatic heterocycles. The van der Waals surface area contributed by atoms with Crippen molar-refractivity contribution in [3.8, 4) is 0 Å². The number of benzene rings is 1. The third-order valence-corrected chi connectivity index (χ3v) is 5.19. The molecule has 1 aromatic carbocycles. The Bertz CT molecular complexity index is 1290. The lowest BCUT2D eigenvalue weighted by atomic mass is 10.2. The molecule has 2 heterocycles. The van der Waals surface area contributed by atoms with Gasteiger partial charge >= 0.3 is 16.9 Å². The monoisotopic (exact) mass is 421 g/mol. The van der Waals surface area contributed by atoms with Gasteiger partial charge in [0.05, 0.1) is 33.0 Å². The average molecular weight is 422 g/mol. The molecule has 14 heteroatoms. The summed E-state index contributed by atoms with van der Waals surface area (Å²) in [6, 6.07) is 1.26. The largest absolute Gasteiger partial charge is 0.434 e. The summed E-state index contributed by atoms with van der Waals surface area (Å²) in [6.07, 6.45) is 0.866. The predicted molar refractivity (Wildman–Crippen MR) is 93.4 cm³/mol. The van der Waals surface area contributed by atoms with E-state index in [1.54, 1.807) is 0 Å². The van der Waals surface area contributed by atoms with Crippen molar-refractivity contribution in [2.75, 3.05) is 10.6 Å². The van der Waals surface area contributed by atoms with Crippen LogP contribution in [0, 0.1) is 0 Å². The standard InChI is InChI=1S/C12H9Cl2N5O6S/c1-26(23,24)19(3-6-17-18-12(22)25-6)9-7(14)4(13)2-5-8(9)16-11(21)10(20)15-5/h2H,3H2,1H3,(H,15,20)(H,16,21)(H,18,22). The summed E-state index contributed by atoms with van der Waals surface area (Å²) in [4.78, 5) is 38.9. The molecule has 0 saturated heterocycles. The number of aromatic amines is 3. The van der Waals surface area contributed by atoms with E-state index in [0.717, 1.165) is 10.6 Å². The van der Waals surface area contributed by atoms with E-state index in [-0.39, 0.29) is 32.7 Å². The number of hydrogen-bond acceptors (Lipinski definition) is 7. The minimum atomic E-state index is -4.00. The minimum Gasteiger partial charge on any atom is -0.390 e. The van der Waals surface area contributed by atoms with Crippen molar-refractivity contribution in [1.82, 2.24) is 20.2 Å². The maximum atomic E-state index is 12.3. The third kappa shape index (κ3) is 3.25. The number of rotatable bonds is 4. The predicted octanol–water partition coefficient (Wildman–Crippen LogP) is 0.166. The molecule has 0 fully saturated rings. The summed E-state index contributed by atoms with van der Waals surface area (Å²) < 4.78 is 30.1. The number of anilines is 1. The fraction of sp³-hybridized carbons (Fsp3) is 0.167. The maximum absolute atomic E-state index is 12.3. The first-order chi connectivity index (χ1) is 12.1. The van der Waals surface area contributed by atoms with Gasteiger partial charge in [-0.1, -0.05) is 23.2 Å². The van der Waals surface area contributed by atoms with Gasteiger partial charge in [0.15, 0.2) is 0 Å². The van der Waals surface area contributed by atoms with Gasteiger partial charge < -0.3 is 14.4 Å². The second kappa shape index (κ2) is 6.30. The summed E-state index contributed by atoms with van der Waals surface area (Å²) in [7, 11) is -4.00. The van der Waals surface area contributed by atoms with E-state index in [2.05, 4.69) is 15.1 Å². The molecular weight excluding hydrogens is 413 g/mol. The topological polar surface area (TPSA) is 162 Å². The van der Waals surface area contributed by atoms with Crippen LogP contribution in [0.3, 0.4) is 0 Å². The van der Waals surface area contributed by atoms with Crippen molar-refractivity contribution in [2.24, 2.45) is 0 Å². The SMILES string of the molecule is CS(=O)(=O)N(Cc1n[nH]c(=O)o1)c1c(Cl)c(Cl)cc2[nH]c(=O)c(=O)[nH]c12. The van der Waals surface area contributed by atoms with Gasteiger partial charge in [0.1, 0.15) is 6.54 Å². The second-order valence-corrected chi connectivity index (χ2v) is 7.82. The Morgan fingerprint density at radius 2 is 1.85 bits per heavy atom. The molecule has 3 rings (SSSR count). The molecule has 26 heavy (non-hydrogen) atoms. The van der Waals surface area contributed by atoms with Crippen LogP contribution in [0.5, 0.6) is 0 Å². The number of hydrogen-bond donors (Lipinski definition) is 3. The number of H-pyrrole nitrogens is 3. The van der Waals surface area contributed by atoms with E-state index < -0.39 is 33.4 Å². The van der Waals surface area contributed by atoms with Gasteiger partial charge in [-0.2, -0.15) is 0 Å². The van der Waals surface area contributed by atoms with E-state index in [4.69, 9.17) is 27.6 Å². The number of sulfonamides is 1. The van der Waals surface area contributed by atoms with Gasteiger partial charge in [-0.25, -0.2) is 18.3 Å². The number of nitrogens with one attached hydrogen (secondary N) is 3. The summed E-state index contributed by atoms with van der Waals surface area (Å²) in [5.41, 5.74) is -2.21. The fourth-order valence-corrected chi connectivity index (χ4v) is 3.59. The van der Waals surface area contributed by atoms with Gasteiger partial charge in [-0.05, 0) is 6.07 Å². The molecule has 0 aliphatic rings. The molecule has 0 saturated carbocycles. The van der Waals surface area contributed by atoms with Gasteiger partial charge in [-0.3, -0.25) is 13.9 Å². The highest BCUT2D eigenvalue weighted by Gasteiger charge is 2.27. The van der Waals surface area contributed by atoms with Crippen molar-refractivity contribution in [3.05, 3.63) is 53.3 Å². The second-order valence-electron chi connectivity index (χ2n) is 5.13. The molecule has 2 aromatic heterocycles.